The summed E-state index contributed by atoms with van der Waals surface area (Å²) in [5, 5.41) is 10.4. The predicted octanol–water partition coefficient (Wildman–Crippen LogP) is 2.72. The van der Waals surface area contributed by atoms with Gasteiger partial charge >= 0.3 is 5.97 Å². The lowest BCUT2D eigenvalue weighted by Crippen LogP contribution is -2.39. The number of benzene rings is 1. The summed E-state index contributed by atoms with van der Waals surface area (Å²) in [4.78, 5) is 18.8. The first-order valence-electron chi connectivity index (χ1n) is 8.13. The van der Waals surface area contributed by atoms with Gasteiger partial charge in [0.25, 0.3) is 0 Å². The maximum atomic E-state index is 11.9. The van der Waals surface area contributed by atoms with Crippen LogP contribution in [0.4, 0.5) is 0 Å². The van der Waals surface area contributed by atoms with Gasteiger partial charge in [-0.2, -0.15) is 0 Å². The molecule has 1 fully saturated rings. The summed E-state index contributed by atoms with van der Waals surface area (Å²) in [6, 6.07) is 9.15. The molecule has 1 aliphatic rings. The third kappa shape index (κ3) is 3.79. The SMILES string of the molecule is CCOC(=O)[C@H]1CCCN(Cc2ccc3cc(O)ccc3n2)C1. The first-order chi connectivity index (χ1) is 11.2. The number of hydrogen-bond donors (Lipinski definition) is 1. The molecular weight excluding hydrogens is 292 g/mol. The van der Waals surface area contributed by atoms with Crippen molar-refractivity contribution in [2.24, 2.45) is 5.92 Å². The Labute approximate surface area is 135 Å². The Morgan fingerprint density at radius 1 is 1.39 bits per heavy atom. The molecule has 0 radical (unpaired) electrons. The molecule has 0 bridgehead atoms. The van der Waals surface area contributed by atoms with Crippen molar-refractivity contribution in [3.8, 4) is 5.75 Å². The molecule has 1 aliphatic heterocycles. The Kier molecular flexibility index (Phi) is 4.76. The number of ether oxygens (including phenoxy) is 1. The van der Waals surface area contributed by atoms with Gasteiger partial charge in [0.15, 0.2) is 0 Å². The van der Waals surface area contributed by atoms with Crippen molar-refractivity contribution in [2.45, 2.75) is 26.3 Å². The lowest BCUT2D eigenvalue weighted by Gasteiger charge is -2.31. The number of nitrogens with zero attached hydrogens (tertiary/aromatic N) is 2. The Morgan fingerprint density at radius 2 is 2.26 bits per heavy atom. The number of rotatable bonds is 4. The fourth-order valence-corrected chi connectivity index (χ4v) is 3.12. The predicted molar refractivity (Wildman–Crippen MR) is 88.0 cm³/mol. The molecule has 122 valence electrons. The number of carbonyl (C=O) groups is 1. The van der Waals surface area contributed by atoms with E-state index in [0.717, 1.165) is 49.1 Å². The maximum absolute atomic E-state index is 11.9. The van der Waals surface area contributed by atoms with Gasteiger partial charge in [0, 0.05) is 18.5 Å². The minimum atomic E-state index is -0.0841. The van der Waals surface area contributed by atoms with E-state index in [2.05, 4.69) is 9.88 Å². The van der Waals surface area contributed by atoms with Crippen LogP contribution in [0.2, 0.25) is 0 Å². The first kappa shape index (κ1) is 15.7. The number of pyridine rings is 1. The number of likely N-dealkylation sites (tertiary alicyclic amines) is 1. The molecule has 1 aromatic carbocycles. The highest BCUT2D eigenvalue weighted by atomic mass is 16.5. The largest absolute Gasteiger partial charge is 0.508 e. The van der Waals surface area contributed by atoms with Gasteiger partial charge in [-0.05, 0) is 50.6 Å². The minimum absolute atomic E-state index is 0.0268. The highest BCUT2D eigenvalue weighted by molar-refractivity contribution is 5.80. The molecule has 1 aromatic heterocycles. The van der Waals surface area contributed by atoms with E-state index in [0.29, 0.717) is 6.61 Å². The molecule has 2 heterocycles. The van der Waals surface area contributed by atoms with Crippen molar-refractivity contribution in [1.82, 2.24) is 9.88 Å². The number of phenols is 1. The van der Waals surface area contributed by atoms with E-state index in [1.807, 2.05) is 25.1 Å². The molecule has 2 aromatic rings. The summed E-state index contributed by atoms with van der Waals surface area (Å²) in [5.41, 5.74) is 1.85. The van der Waals surface area contributed by atoms with Gasteiger partial charge in [-0.15, -0.1) is 0 Å². The summed E-state index contributed by atoms with van der Waals surface area (Å²) in [6.07, 6.45) is 1.91. The number of carbonyl (C=O) groups excluding carboxylic acids is 1. The second-order valence-corrected chi connectivity index (χ2v) is 6.01. The summed E-state index contributed by atoms with van der Waals surface area (Å²) >= 11 is 0. The molecule has 5 heteroatoms. The van der Waals surface area contributed by atoms with Gasteiger partial charge < -0.3 is 9.84 Å². The summed E-state index contributed by atoms with van der Waals surface area (Å²) in [6.45, 7) is 4.72. The van der Waals surface area contributed by atoms with E-state index in [1.165, 1.54) is 0 Å². The van der Waals surface area contributed by atoms with Crippen LogP contribution < -0.4 is 0 Å². The van der Waals surface area contributed by atoms with Crippen molar-refractivity contribution in [2.75, 3.05) is 19.7 Å². The molecule has 1 atom stereocenters. The smallest absolute Gasteiger partial charge is 0.310 e. The second kappa shape index (κ2) is 6.96. The van der Waals surface area contributed by atoms with Crippen LogP contribution in [-0.4, -0.2) is 40.7 Å². The maximum Gasteiger partial charge on any atom is 0.310 e. The van der Waals surface area contributed by atoms with Crippen molar-refractivity contribution in [3.05, 3.63) is 36.0 Å². The van der Waals surface area contributed by atoms with Crippen molar-refractivity contribution in [1.29, 1.82) is 0 Å². The summed E-state index contributed by atoms with van der Waals surface area (Å²) < 4.78 is 5.14. The van der Waals surface area contributed by atoms with Gasteiger partial charge in [0.05, 0.1) is 23.7 Å². The highest BCUT2D eigenvalue weighted by Gasteiger charge is 2.26. The van der Waals surface area contributed by atoms with E-state index in [1.54, 1.807) is 12.1 Å². The van der Waals surface area contributed by atoms with Crippen LogP contribution in [0.5, 0.6) is 5.75 Å². The van der Waals surface area contributed by atoms with Crippen molar-refractivity contribution >= 4 is 16.9 Å². The zero-order valence-electron chi connectivity index (χ0n) is 13.4. The second-order valence-electron chi connectivity index (χ2n) is 6.01. The number of phenolic OH excluding ortho intramolecular Hbond substituents is 1. The fraction of sp³-hybridized carbons (Fsp3) is 0.444. The Bertz CT molecular complexity index is 702. The molecule has 0 saturated carbocycles. The van der Waals surface area contributed by atoms with Gasteiger partial charge in [-0.25, -0.2) is 0 Å². The Hall–Kier alpha value is -2.14. The molecular formula is C18H22N2O3. The number of esters is 1. The zero-order chi connectivity index (χ0) is 16.2. The number of fused-ring (bicyclic) bond motifs is 1. The minimum Gasteiger partial charge on any atom is -0.508 e. The topological polar surface area (TPSA) is 62.7 Å². The molecule has 1 N–H and O–H groups in total. The fourth-order valence-electron chi connectivity index (χ4n) is 3.12. The monoisotopic (exact) mass is 314 g/mol. The average molecular weight is 314 g/mol. The molecule has 0 aliphatic carbocycles. The quantitative estimate of drug-likeness (QED) is 0.879. The van der Waals surface area contributed by atoms with Crippen LogP contribution in [0.25, 0.3) is 10.9 Å². The standard InChI is InChI=1S/C18H22N2O3/c1-2-23-18(22)14-4-3-9-20(11-14)12-15-6-5-13-10-16(21)7-8-17(13)19-15/h5-8,10,14,21H,2-4,9,11-12H2,1H3/t14-/m0/s1. The zero-order valence-corrected chi connectivity index (χ0v) is 13.4. The third-order valence-corrected chi connectivity index (χ3v) is 4.24. The molecule has 0 spiro atoms. The van der Waals surface area contributed by atoms with Crippen LogP contribution in [0.3, 0.4) is 0 Å². The molecule has 3 rings (SSSR count). The molecule has 1 saturated heterocycles. The number of aromatic hydroxyl groups is 1. The van der Waals surface area contributed by atoms with Crippen molar-refractivity contribution < 1.29 is 14.6 Å². The van der Waals surface area contributed by atoms with Crippen LogP contribution in [0.15, 0.2) is 30.3 Å². The first-order valence-corrected chi connectivity index (χ1v) is 8.13. The van der Waals surface area contributed by atoms with Crippen LogP contribution >= 0.6 is 0 Å². The number of aromatic nitrogens is 1. The lowest BCUT2D eigenvalue weighted by molar-refractivity contribution is -0.150. The summed E-state index contributed by atoms with van der Waals surface area (Å²) in [7, 11) is 0. The lowest BCUT2D eigenvalue weighted by atomic mass is 9.98. The van der Waals surface area contributed by atoms with Gasteiger partial charge in [-0.3, -0.25) is 14.7 Å². The van der Waals surface area contributed by atoms with E-state index >= 15 is 0 Å². The van der Waals surface area contributed by atoms with Crippen LogP contribution in [-0.2, 0) is 16.1 Å². The highest BCUT2D eigenvalue weighted by Crippen LogP contribution is 2.22. The van der Waals surface area contributed by atoms with E-state index in [-0.39, 0.29) is 17.6 Å². The Morgan fingerprint density at radius 3 is 3.09 bits per heavy atom. The molecule has 5 nitrogen and oxygen atoms in total. The Balaban J connectivity index is 1.68. The van der Waals surface area contributed by atoms with Gasteiger partial charge in [0.2, 0.25) is 0 Å². The average Bonchev–Trinajstić information content (AvgIpc) is 2.55. The number of hydrogen-bond acceptors (Lipinski definition) is 5. The van der Waals surface area contributed by atoms with E-state index < -0.39 is 0 Å². The van der Waals surface area contributed by atoms with E-state index in [4.69, 9.17) is 4.74 Å². The number of piperidine rings is 1. The molecule has 23 heavy (non-hydrogen) atoms. The summed E-state index contributed by atoms with van der Waals surface area (Å²) in [5.74, 6) is 0.139. The van der Waals surface area contributed by atoms with Gasteiger partial charge in [0.1, 0.15) is 5.75 Å². The van der Waals surface area contributed by atoms with Gasteiger partial charge in [-0.1, -0.05) is 6.07 Å². The third-order valence-electron chi connectivity index (χ3n) is 4.24. The van der Waals surface area contributed by atoms with Crippen LogP contribution in [0.1, 0.15) is 25.5 Å². The van der Waals surface area contributed by atoms with Crippen LogP contribution in [0, 0.1) is 5.92 Å². The van der Waals surface area contributed by atoms with E-state index in [9.17, 15) is 9.90 Å². The molecule has 0 amide bonds. The molecule has 0 unspecified atom stereocenters. The van der Waals surface area contributed by atoms with Crippen molar-refractivity contribution in [3.63, 3.8) is 0 Å². The normalized spacial score (nSPS) is 18.9.